The van der Waals surface area contributed by atoms with Gasteiger partial charge in [-0.15, -0.1) is 0 Å². The highest BCUT2D eigenvalue weighted by molar-refractivity contribution is 4.75. The second kappa shape index (κ2) is 16.7. The average Bonchev–Trinajstić information content (AvgIpc) is 2.60. The Balaban J connectivity index is 0. The normalized spacial score (nSPS) is 23.0. The van der Waals surface area contributed by atoms with Crippen molar-refractivity contribution >= 4 is 0 Å². The molecule has 2 fully saturated rings. The van der Waals surface area contributed by atoms with Crippen molar-refractivity contribution in [3.63, 3.8) is 0 Å². The molecule has 0 aliphatic carbocycles. The second-order valence-electron chi connectivity index (χ2n) is 6.34. The van der Waals surface area contributed by atoms with E-state index in [4.69, 9.17) is 5.11 Å². The maximum absolute atomic E-state index is 9.10. The van der Waals surface area contributed by atoms with Gasteiger partial charge in [0.05, 0.1) is 6.10 Å². The van der Waals surface area contributed by atoms with Crippen LogP contribution in [0.4, 0.5) is 0 Å². The van der Waals surface area contributed by atoms with Crippen LogP contribution in [-0.4, -0.2) is 59.3 Å². The van der Waals surface area contributed by atoms with Crippen molar-refractivity contribution in [3.8, 4) is 0 Å². The molecule has 142 valence electrons. The lowest BCUT2D eigenvalue weighted by atomic mass is 10.0. The molecule has 1 N–H and O–H groups in total. The van der Waals surface area contributed by atoms with Crippen LogP contribution in [0.5, 0.6) is 0 Å². The van der Waals surface area contributed by atoms with Crippen molar-refractivity contribution in [1.82, 2.24) is 9.80 Å². The molecule has 23 heavy (non-hydrogen) atoms. The van der Waals surface area contributed by atoms with E-state index in [0.717, 1.165) is 44.6 Å². The Hall–Kier alpha value is -0.120. The minimum atomic E-state index is -0.0206. The molecule has 0 spiro atoms. The zero-order valence-electron chi connectivity index (χ0n) is 17.4. The molecule has 2 heterocycles. The summed E-state index contributed by atoms with van der Waals surface area (Å²) in [4.78, 5) is 4.97. The number of hydrogen-bond acceptors (Lipinski definition) is 3. The Morgan fingerprint density at radius 1 is 0.913 bits per heavy atom. The summed E-state index contributed by atoms with van der Waals surface area (Å²) in [7, 11) is 0. The molecule has 0 bridgehead atoms. The fraction of sp³-hybridized carbons (Fsp3) is 1.00. The molecule has 3 nitrogen and oxygen atoms in total. The third kappa shape index (κ3) is 12.0. The number of rotatable bonds is 2. The van der Waals surface area contributed by atoms with Gasteiger partial charge in [-0.05, 0) is 59.5 Å². The Kier molecular flexibility index (Phi) is 18.3. The van der Waals surface area contributed by atoms with Gasteiger partial charge in [-0.3, -0.25) is 4.90 Å². The van der Waals surface area contributed by atoms with Gasteiger partial charge in [0.1, 0.15) is 0 Å². The zero-order chi connectivity index (χ0) is 18.3. The number of aliphatic hydroxyl groups excluding tert-OH is 1. The molecule has 2 aliphatic heterocycles. The largest absolute Gasteiger partial charge is 0.393 e. The Bertz CT molecular complexity index is 226. The molecule has 3 heteroatoms. The van der Waals surface area contributed by atoms with E-state index in [1.165, 1.54) is 25.8 Å². The lowest BCUT2D eigenvalue weighted by Gasteiger charge is -2.36. The molecule has 2 aliphatic rings. The number of hydrogen-bond donors (Lipinski definition) is 1. The summed E-state index contributed by atoms with van der Waals surface area (Å²) < 4.78 is 0. The predicted molar refractivity (Wildman–Crippen MR) is 105 cm³/mol. The van der Waals surface area contributed by atoms with Crippen LogP contribution in [0.1, 0.15) is 87.5 Å². The monoisotopic (exact) mass is 330 g/mol. The molecule has 0 aromatic carbocycles. The van der Waals surface area contributed by atoms with Gasteiger partial charge in [-0.25, -0.2) is 0 Å². The number of likely N-dealkylation sites (tertiary alicyclic amines) is 2. The molecule has 0 saturated carbocycles. The van der Waals surface area contributed by atoms with Crippen LogP contribution in [0.3, 0.4) is 0 Å². The lowest BCUT2D eigenvalue weighted by Crippen LogP contribution is -2.41. The van der Waals surface area contributed by atoms with Gasteiger partial charge in [-0.1, -0.05) is 41.0 Å². The van der Waals surface area contributed by atoms with E-state index >= 15 is 0 Å². The molecule has 0 amide bonds. The van der Waals surface area contributed by atoms with Gasteiger partial charge in [0, 0.05) is 25.2 Å². The highest BCUT2D eigenvalue weighted by atomic mass is 16.3. The minimum absolute atomic E-state index is 0.0206. The second-order valence-corrected chi connectivity index (χ2v) is 6.34. The third-order valence-corrected chi connectivity index (χ3v) is 4.52. The molecule has 2 saturated heterocycles. The van der Waals surface area contributed by atoms with Crippen molar-refractivity contribution in [2.45, 2.75) is 106 Å². The smallest absolute Gasteiger partial charge is 0.0564 e. The first-order valence-corrected chi connectivity index (χ1v) is 10.2. The zero-order valence-corrected chi connectivity index (χ0v) is 17.4. The summed E-state index contributed by atoms with van der Waals surface area (Å²) in [6, 6.07) is 1.57. The predicted octanol–water partition coefficient (Wildman–Crippen LogP) is 4.78. The molecular weight excluding hydrogens is 284 g/mol. The van der Waals surface area contributed by atoms with E-state index in [1.807, 2.05) is 27.7 Å². The van der Waals surface area contributed by atoms with Crippen LogP contribution in [-0.2, 0) is 0 Å². The molecule has 2 rings (SSSR count). The van der Waals surface area contributed by atoms with E-state index in [2.05, 4.69) is 37.5 Å². The standard InChI is InChI=1S/C9H19N.C7H15NO.2C2H6/c1-8(2)10-7-5-4-6-9(10)3;1-2-8-5-3-7(9)4-6-8;2*1-2/h8-9H,4-7H2,1-3H3;7,9H,2-6H2,1H3;2*1-2H3. The first-order chi connectivity index (χ1) is 11.0. The Morgan fingerprint density at radius 3 is 1.78 bits per heavy atom. The summed E-state index contributed by atoms with van der Waals surface area (Å²) in [5.74, 6) is 0. The van der Waals surface area contributed by atoms with Crippen molar-refractivity contribution in [2.24, 2.45) is 0 Å². The fourth-order valence-corrected chi connectivity index (χ4v) is 3.12. The molecular formula is C20H46N2O. The quantitative estimate of drug-likeness (QED) is 0.789. The van der Waals surface area contributed by atoms with Crippen molar-refractivity contribution < 1.29 is 5.11 Å². The van der Waals surface area contributed by atoms with Gasteiger partial charge < -0.3 is 10.0 Å². The van der Waals surface area contributed by atoms with E-state index in [9.17, 15) is 0 Å². The highest BCUT2D eigenvalue weighted by Gasteiger charge is 2.19. The molecule has 0 aromatic heterocycles. The lowest BCUT2D eigenvalue weighted by molar-refractivity contribution is 0.0852. The first kappa shape index (κ1) is 25.1. The van der Waals surface area contributed by atoms with Crippen LogP contribution < -0.4 is 0 Å². The van der Waals surface area contributed by atoms with E-state index in [1.54, 1.807) is 0 Å². The summed E-state index contributed by atoms with van der Waals surface area (Å²) in [5.41, 5.74) is 0. The van der Waals surface area contributed by atoms with Crippen molar-refractivity contribution in [2.75, 3.05) is 26.2 Å². The summed E-state index contributed by atoms with van der Waals surface area (Å²) in [5, 5.41) is 9.10. The van der Waals surface area contributed by atoms with Crippen LogP contribution >= 0.6 is 0 Å². The molecule has 1 atom stereocenters. The molecule has 0 aromatic rings. The van der Waals surface area contributed by atoms with Crippen LogP contribution in [0, 0.1) is 0 Å². The first-order valence-electron chi connectivity index (χ1n) is 10.2. The van der Waals surface area contributed by atoms with Gasteiger partial charge in [0.25, 0.3) is 0 Å². The van der Waals surface area contributed by atoms with Crippen molar-refractivity contribution in [1.29, 1.82) is 0 Å². The molecule has 0 radical (unpaired) electrons. The van der Waals surface area contributed by atoms with Crippen LogP contribution in [0.25, 0.3) is 0 Å². The number of nitrogens with zero attached hydrogens (tertiary/aromatic N) is 2. The minimum Gasteiger partial charge on any atom is -0.393 e. The summed E-state index contributed by atoms with van der Waals surface area (Å²) in [6.07, 6.45) is 6.15. The number of aliphatic hydroxyl groups is 1. The summed E-state index contributed by atoms with van der Waals surface area (Å²) >= 11 is 0. The van der Waals surface area contributed by atoms with Gasteiger partial charge in [-0.2, -0.15) is 0 Å². The SMILES string of the molecule is CC.CC.CC(C)N1CCCCC1C.CCN1CCC(O)CC1. The highest BCUT2D eigenvalue weighted by Crippen LogP contribution is 2.18. The van der Waals surface area contributed by atoms with E-state index in [0.29, 0.717) is 0 Å². The summed E-state index contributed by atoms with van der Waals surface area (Å²) in [6.45, 7) is 21.7. The fourth-order valence-electron chi connectivity index (χ4n) is 3.12. The van der Waals surface area contributed by atoms with Crippen molar-refractivity contribution in [3.05, 3.63) is 0 Å². The van der Waals surface area contributed by atoms with E-state index < -0.39 is 0 Å². The van der Waals surface area contributed by atoms with Gasteiger partial charge in [0.2, 0.25) is 0 Å². The van der Waals surface area contributed by atoms with Gasteiger partial charge in [0.15, 0.2) is 0 Å². The maximum atomic E-state index is 9.10. The topological polar surface area (TPSA) is 26.7 Å². The Labute approximate surface area is 147 Å². The number of piperidine rings is 2. The maximum Gasteiger partial charge on any atom is 0.0564 e. The van der Waals surface area contributed by atoms with Crippen LogP contribution in [0.15, 0.2) is 0 Å². The Morgan fingerprint density at radius 2 is 1.43 bits per heavy atom. The van der Waals surface area contributed by atoms with Crippen LogP contribution in [0.2, 0.25) is 0 Å². The van der Waals surface area contributed by atoms with E-state index in [-0.39, 0.29) is 6.10 Å². The third-order valence-electron chi connectivity index (χ3n) is 4.52. The average molecular weight is 331 g/mol. The van der Waals surface area contributed by atoms with Gasteiger partial charge >= 0.3 is 0 Å². The molecule has 1 unspecified atom stereocenters.